The zero-order valence-corrected chi connectivity index (χ0v) is 20.1. The van der Waals surface area contributed by atoms with Crippen molar-refractivity contribution in [1.29, 1.82) is 0 Å². The molecule has 0 atom stereocenters. The van der Waals surface area contributed by atoms with Crippen LogP contribution in [0.15, 0.2) is 77.7 Å². The second-order valence-electron chi connectivity index (χ2n) is 7.57. The molecule has 1 N–H and O–H groups in total. The monoisotopic (exact) mass is 505 g/mol. The average Bonchev–Trinajstić information content (AvgIpc) is 3.11. The number of thioether (sulfide) groups is 1. The molecule has 0 saturated carbocycles. The number of hydrogen-bond donors (Lipinski definition) is 1. The first kappa shape index (κ1) is 24.1. The molecule has 1 heterocycles. The number of benzene rings is 3. The molecular weight excluding hydrogens is 486 g/mol. The minimum atomic E-state index is -0.502. The van der Waals surface area contributed by atoms with Crippen LogP contribution in [0.3, 0.4) is 0 Å². The molecule has 10 heteroatoms. The Morgan fingerprint density at radius 3 is 2.51 bits per heavy atom. The molecule has 1 saturated heterocycles. The van der Waals surface area contributed by atoms with Gasteiger partial charge in [-0.2, -0.15) is 0 Å². The van der Waals surface area contributed by atoms with Crippen molar-refractivity contribution in [1.82, 2.24) is 0 Å². The first-order chi connectivity index (χ1) is 16.8. The normalized spacial score (nSPS) is 14.3. The number of nitro benzene ring substituents is 1. The number of carbonyl (C=O) groups excluding carboxylic acids is 2. The quantitative estimate of drug-likeness (QED) is 0.200. The number of thiocarbonyl (C=S) groups is 1. The fraction of sp³-hybridized carbons (Fsp3) is 0.0800. The summed E-state index contributed by atoms with van der Waals surface area (Å²) in [6.45, 7) is 1.81. The molecule has 1 aliphatic rings. The number of anilines is 2. The maximum absolute atomic E-state index is 12.9. The summed E-state index contributed by atoms with van der Waals surface area (Å²) in [5, 5.41) is 13.6. The van der Waals surface area contributed by atoms with Crippen molar-refractivity contribution in [3.05, 3.63) is 98.9 Å². The number of hydrogen-bond acceptors (Lipinski definition) is 7. The van der Waals surface area contributed by atoms with Gasteiger partial charge in [0.1, 0.15) is 5.75 Å². The summed E-state index contributed by atoms with van der Waals surface area (Å²) in [7, 11) is 0. The fourth-order valence-corrected chi connectivity index (χ4v) is 4.59. The number of aryl methyl sites for hydroxylation is 1. The molecule has 1 aliphatic heterocycles. The zero-order chi connectivity index (χ0) is 24.9. The van der Waals surface area contributed by atoms with Crippen molar-refractivity contribution in [3.63, 3.8) is 0 Å². The molecule has 3 aromatic carbocycles. The van der Waals surface area contributed by atoms with Crippen molar-refractivity contribution in [2.24, 2.45) is 0 Å². The number of rotatable bonds is 7. The highest BCUT2D eigenvalue weighted by Crippen LogP contribution is 2.36. The molecule has 0 unspecified atom stereocenters. The summed E-state index contributed by atoms with van der Waals surface area (Å²) >= 11 is 6.50. The molecule has 1 fully saturated rings. The smallest absolute Gasteiger partial charge is 0.270 e. The number of amides is 2. The predicted octanol–water partition coefficient (Wildman–Crippen LogP) is 5.33. The highest BCUT2D eigenvalue weighted by molar-refractivity contribution is 8.27. The Labute approximate surface area is 210 Å². The SMILES string of the molecule is Cc1cccc(NC(=O)COc2ccc(/C=C3\SC(=S)N(c4ccc([N+](=O)[O-])cc4)C3=O)cc2)c1. The lowest BCUT2D eigenvalue weighted by atomic mass is 10.2. The van der Waals surface area contributed by atoms with E-state index in [4.69, 9.17) is 17.0 Å². The number of nitro groups is 1. The van der Waals surface area contributed by atoms with Crippen LogP contribution in [0.5, 0.6) is 5.75 Å². The van der Waals surface area contributed by atoms with Gasteiger partial charge in [0, 0.05) is 17.8 Å². The van der Waals surface area contributed by atoms with Crippen LogP contribution >= 0.6 is 24.0 Å². The van der Waals surface area contributed by atoms with Gasteiger partial charge in [-0.3, -0.25) is 24.6 Å². The van der Waals surface area contributed by atoms with E-state index in [0.717, 1.165) is 22.9 Å². The summed E-state index contributed by atoms with van der Waals surface area (Å²) in [6.07, 6.45) is 1.71. The van der Waals surface area contributed by atoms with Gasteiger partial charge in [-0.1, -0.05) is 48.2 Å². The molecule has 3 aromatic rings. The van der Waals surface area contributed by atoms with Crippen LogP contribution in [0.25, 0.3) is 6.08 Å². The maximum atomic E-state index is 12.9. The lowest BCUT2D eigenvalue weighted by Gasteiger charge is -2.13. The Kier molecular flexibility index (Phi) is 7.23. The lowest BCUT2D eigenvalue weighted by molar-refractivity contribution is -0.384. The van der Waals surface area contributed by atoms with Gasteiger partial charge in [0.05, 0.1) is 15.5 Å². The molecule has 0 aliphatic carbocycles. The molecule has 8 nitrogen and oxygen atoms in total. The number of ether oxygens (including phenoxy) is 1. The minimum absolute atomic E-state index is 0.0651. The van der Waals surface area contributed by atoms with Crippen LogP contribution in [-0.2, 0) is 9.59 Å². The van der Waals surface area contributed by atoms with Crippen molar-refractivity contribution in [2.75, 3.05) is 16.8 Å². The van der Waals surface area contributed by atoms with Gasteiger partial charge in [0.2, 0.25) is 0 Å². The summed E-state index contributed by atoms with van der Waals surface area (Å²) in [5.74, 6) is -0.0587. The largest absolute Gasteiger partial charge is 0.484 e. The first-order valence-electron chi connectivity index (χ1n) is 10.4. The van der Waals surface area contributed by atoms with Crippen LogP contribution < -0.4 is 15.0 Å². The van der Waals surface area contributed by atoms with E-state index in [1.165, 1.54) is 29.2 Å². The molecule has 0 spiro atoms. The Hall–Kier alpha value is -4.02. The van der Waals surface area contributed by atoms with Crippen LogP contribution in [-0.4, -0.2) is 27.7 Å². The second-order valence-corrected chi connectivity index (χ2v) is 9.24. The van der Waals surface area contributed by atoms with E-state index in [1.807, 2.05) is 31.2 Å². The lowest BCUT2D eigenvalue weighted by Crippen LogP contribution is -2.27. The molecular formula is C25H19N3O5S2. The van der Waals surface area contributed by atoms with Crippen LogP contribution in [0.2, 0.25) is 0 Å². The van der Waals surface area contributed by atoms with E-state index in [-0.39, 0.29) is 24.1 Å². The third kappa shape index (κ3) is 5.92. The van der Waals surface area contributed by atoms with Gasteiger partial charge in [-0.25, -0.2) is 0 Å². The van der Waals surface area contributed by atoms with Crippen molar-refractivity contribution in [2.45, 2.75) is 6.92 Å². The summed E-state index contributed by atoms with van der Waals surface area (Å²) in [5.41, 5.74) is 2.91. The molecule has 0 radical (unpaired) electrons. The van der Waals surface area contributed by atoms with Gasteiger partial charge >= 0.3 is 0 Å². The van der Waals surface area contributed by atoms with Crippen LogP contribution in [0.4, 0.5) is 17.1 Å². The Bertz CT molecular complexity index is 1340. The molecule has 0 aromatic heterocycles. The molecule has 35 heavy (non-hydrogen) atoms. The second kappa shape index (κ2) is 10.5. The van der Waals surface area contributed by atoms with Crippen LogP contribution in [0, 0.1) is 17.0 Å². The third-order valence-electron chi connectivity index (χ3n) is 4.96. The standard InChI is InChI=1S/C25H19N3O5S2/c1-16-3-2-4-18(13-16)26-23(29)15-33-21-11-5-17(6-12-21)14-22-24(30)27(25(34)35-22)19-7-9-20(10-8-19)28(31)32/h2-14H,15H2,1H3,(H,26,29)/b22-14-. The van der Waals surface area contributed by atoms with Crippen molar-refractivity contribution >= 4 is 63.3 Å². The summed E-state index contributed by atoms with van der Waals surface area (Å²) in [4.78, 5) is 37.2. The molecule has 2 amide bonds. The molecule has 176 valence electrons. The number of non-ortho nitro benzene ring substituents is 1. The maximum Gasteiger partial charge on any atom is 0.270 e. The van der Waals surface area contributed by atoms with Gasteiger partial charge in [0.15, 0.2) is 10.9 Å². The number of nitrogens with zero attached hydrogens (tertiary/aromatic N) is 2. The van der Waals surface area contributed by atoms with Gasteiger partial charge < -0.3 is 10.1 Å². The number of carbonyl (C=O) groups is 2. The van der Waals surface area contributed by atoms with E-state index in [2.05, 4.69) is 5.32 Å². The number of nitrogens with one attached hydrogen (secondary N) is 1. The molecule has 4 rings (SSSR count). The van der Waals surface area contributed by atoms with Crippen molar-refractivity contribution < 1.29 is 19.2 Å². The van der Waals surface area contributed by atoms with E-state index in [0.29, 0.717) is 26.3 Å². The van der Waals surface area contributed by atoms with Gasteiger partial charge in [0.25, 0.3) is 17.5 Å². The minimum Gasteiger partial charge on any atom is -0.484 e. The van der Waals surface area contributed by atoms with E-state index in [9.17, 15) is 19.7 Å². The summed E-state index contributed by atoms with van der Waals surface area (Å²) in [6, 6.07) is 20.1. The first-order valence-corrected chi connectivity index (χ1v) is 11.6. The Morgan fingerprint density at radius 2 is 1.86 bits per heavy atom. The van der Waals surface area contributed by atoms with E-state index >= 15 is 0 Å². The highest BCUT2D eigenvalue weighted by atomic mass is 32.2. The van der Waals surface area contributed by atoms with Crippen molar-refractivity contribution in [3.8, 4) is 5.75 Å². The van der Waals surface area contributed by atoms with E-state index < -0.39 is 4.92 Å². The topological polar surface area (TPSA) is 102 Å². The van der Waals surface area contributed by atoms with Gasteiger partial charge in [-0.15, -0.1) is 0 Å². The predicted molar refractivity (Wildman–Crippen MR) is 140 cm³/mol. The Morgan fingerprint density at radius 1 is 1.14 bits per heavy atom. The van der Waals surface area contributed by atoms with E-state index in [1.54, 1.807) is 30.3 Å². The van der Waals surface area contributed by atoms with Gasteiger partial charge in [-0.05, 0) is 60.5 Å². The molecule has 0 bridgehead atoms. The fourth-order valence-electron chi connectivity index (χ4n) is 3.29. The third-order valence-corrected chi connectivity index (χ3v) is 6.26. The zero-order valence-electron chi connectivity index (χ0n) is 18.5. The summed E-state index contributed by atoms with van der Waals surface area (Å²) < 4.78 is 5.90. The average molecular weight is 506 g/mol. The Balaban J connectivity index is 1.37. The van der Waals surface area contributed by atoms with Crippen LogP contribution in [0.1, 0.15) is 11.1 Å². The highest BCUT2D eigenvalue weighted by Gasteiger charge is 2.33.